The van der Waals surface area contributed by atoms with E-state index in [2.05, 4.69) is 17.1 Å². The van der Waals surface area contributed by atoms with Gasteiger partial charge in [0.1, 0.15) is 0 Å². The maximum atomic E-state index is 11.9. The second-order valence-corrected chi connectivity index (χ2v) is 4.83. The monoisotopic (exact) mass is 257 g/mol. The Morgan fingerprint density at radius 1 is 1.50 bits per heavy atom. The van der Waals surface area contributed by atoms with Crippen molar-refractivity contribution in [2.75, 3.05) is 45.9 Å². The molecule has 1 saturated heterocycles. The molecule has 0 aromatic heterocycles. The van der Waals surface area contributed by atoms with E-state index in [0.29, 0.717) is 13.1 Å². The van der Waals surface area contributed by atoms with Crippen molar-refractivity contribution >= 4 is 5.91 Å². The molecule has 5 heteroatoms. The number of hydrogen-bond acceptors (Lipinski definition) is 4. The maximum absolute atomic E-state index is 11.9. The third-order valence-corrected chi connectivity index (χ3v) is 3.22. The first-order valence-electron chi connectivity index (χ1n) is 7.05. The third kappa shape index (κ3) is 5.80. The van der Waals surface area contributed by atoms with E-state index in [-0.39, 0.29) is 11.8 Å². The molecule has 1 heterocycles. The summed E-state index contributed by atoms with van der Waals surface area (Å²) in [6.45, 7) is 7.66. The number of carbonyl (C=O) groups excluding carboxylic acids is 1. The van der Waals surface area contributed by atoms with Gasteiger partial charge in [-0.25, -0.2) is 0 Å². The molecule has 3 N–H and O–H groups in total. The smallest absolute Gasteiger partial charge is 0.224 e. The van der Waals surface area contributed by atoms with Gasteiger partial charge in [0.15, 0.2) is 0 Å². The topological polar surface area (TPSA) is 67.6 Å². The Balaban J connectivity index is 2.21. The number of likely N-dealkylation sites (tertiary alicyclic amines) is 1. The van der Waals surface area contributed by atoms with Gasteiger partial charge >= 0.3 is 0 Å². The highest BCUT2D eigenvalue weighted by atomic mass is 16.5. The number of ether oxygens (including phenoxy) is 1. The van der Waals surface area contributed by atoms with Crippen molar-refractivity contribution in [3.8, 4) is 0 Å². The van der Waals surface area contributed by atoms with Crippen LogP contribution in [0.5, 0.6) is 0 Å². The molecular formula is C13H27N3O2. The minimum absolute atomic E-state index is 0.122. The lowest BCUT2D eigenvalue weighted by molar-refractivity contribution is -0.126. The summed E-state index contributed by atoms with van der Waals surface area (Å²) < 4.78 is 5.49. The van der Waals surface area contributed by atoms with E-state index in [1.165, 1.54) is 0 Å². The molecule has 0 aliphatic carbocycles. The van der Waals surface area contributed by atoms with Gasteiger partial charge in [-0.15, -0.1) is 0 Å². The Morgan fingerprint density at radius 3 is 3.06 bits per heavy atom. The predicted octanol–water partition coefficient (Wildman–Crippen LogP) is 0.200. The first-order chi connectivity index (χ1) is 8.77. The summed E-state index contributed by atoms with van der Waals surface area (Å²) in [5, 5.41) is 2.88. The van der Waals surface area contributed by atoms with E-state index in [4.69, 9.17) is 10.5 Å². The van der Waals surface area contributed by atoms with Crippen LogP contribution in [-0.2, 0) is 9.53 Å². The summed E-state index contributed by atoms with van der Waals surface area (Å²) in [6, 6.07) is 0. The Kier molecular flexibility index (Phi) is 7.96. The highest BCUT2D eigenvalue weighted by Crippen LogP contribution is 2.16. The molecule has 1 fully saturated rings. The Morgan fingerprint density at radius 2 is 2.33 bits per heavy atom. The number of nitrogens with zero attached hydrogens (tertiary/aromatic N) is 1. The van der Waals surface area contributed by atoms with Crippen molar-refractivity contribution in [1.82, 2.24) is 10.2 Å². The van der Waals surface area contributed by atoms with Gasteiger partial charge in [0.05, 0.1) is 12.5 Å². The fourth-order valence-electron chi connectivity index (χ4n) is 2.25. The largest absolute Gasteiger partial charge is 0.380 e. The van der Waals surface area contributed by atoms with E-state index in [1.54, 1.807) is 0 Å². The van der Waals surface area contributed by atoms with Crippen LogP contribution in [0.4, 0.5) is 0 Å². The molecule has 1 amide bonds. The van der Waals surface area contributed by atoms with Crippen molar-refractivity contribution in [2.24, 2.45) is 11.7 Å². The summed E-state index contributed by atoms with van der Waals surface area (Å²) >= 11 is 0. The second kappa shape index (κ2) is 9.30. The molecule has 0 bridgehead atoms. The number of amides is 1. The van der Waals surface area contributed by atoms with Crippen molar-refractivity contribution in [3.63, 3.8) is 0 Å². The SMILES string of the molecule is CCCOCCN1CCCC(C(=O)NCCN)C1. The van der Waals surface area contributed by atoms with Gasteiger partial charge < -0.3 is 20.7 Å². The van der Waals surface area contributed by atoms with Gasteiger partial charge in [-0.05, 0) is 25.8 Å². The lowest BCUT2D eigenvalue weighted by Crippen LogP contribution is -2.44. The van der Waals surface area contributed by atoms with Crippen LogP contribution in [0.3, 0.4) is 0 Å². The minimum Gasteiger partial charge on any atom is -0.380 e. The first kappa shape index (κ1) is 15.4. The molecule has 0 spiro atoms. The van der Waals surface area contributed by atoms with Crippen molar-refractivity contribution < 1.29 is 9.53 Å². The molecule has 5 nitrogen and oxygen atoms in total. The van der Waals surface area contributed by atoms with Gasteiger partial charge in [-0.1, -0.05) is 6.92 Å². The number of nitrogens with one attached hydrogen (secondary N) is 1. The van der Waals surface area contributed by atoms with Crippen LogP contribution in [0, 0.1) is 5.92 Å². The molecule has 0 radical (unpaired) electrons. The highest BCUT2D eigenvalue weighted by Gasteiger charge is 2.24. The van der Waals surface area contributed by atoms with E-state index < -0.39 is 0 Å². The van der Waals surface area contributed by atoms with E-state index in [0.717, 1.165) is 52.1 Å². The molecule has 1 atom stereocenters. The van der Waals surface area contributed by atoms with Gasteiger partial charge in [0.2, 0.25) is 5.91 Å². The molecule has 1 aliphatic heterocycles. The zero-order valence-corrected chi connectivity index (χ0v) is 11.5. The predicted molar refractivity (Wildman–Crippen MR) is 72.3 cm³/mol. The lowest BCUT2D eigenvalue weighted by atomic mass is 9.97. The summed E-state index contributed by atoms with van der Waals surface area (Å²) in [4.78, 5) is 14.2. The van der Waals surface area contributed by atoms with Crippen LogP contribution in [0.1, 0.15) is 26.2 Å². The highest BCUT2D eigenvalue weighted by molar-refractivity contribution is 5.78. The summed E-state index contributed by atoms with van der Waals surface area (Å²) in [5.74, 6) is 0.274. The van der Waals surface area contributed by atoms with Gasteiger partial charge in [0, 0.05) is 32.8 Å². The van der Waals surface area contributed by atoms with E-state index in [1.807, 2.05) is 0 Å². The Hall–Kier alpha value is -0.650. The minimum atomic E-state index is 0.122. The molecule has 1 aliphatic rings. The Bertz CT molecular complexity index is 236. The van der Waals surface area contributed by atoms with E-state index in [9.17, 15) is 4.79 Å². The zero-order chi connectivity index (χ0) is 13.2. The van der Waals surface area contributed by atoms with Crippen LogP contribution < -0.4 is 11.1 Å². The average molecular weight is 257 g/mol. The van der Waals surface area contributed by atoms with Crippen molar-refractivity contribution in [3.05, 3.63) is 0 Å². The van der Waals surface area contributed by atoms with Gasteiger partial charge in [0.25, 0.3) is 0 Å². The van der Waals surface area contributed by atoms with Crippen molar-refractivity contribution in [1.29, 1.82) is 0 Å². The molecule has 18 heavy (non-hydrogen) atoms. The standard InChI is InChI=1S/C13H27N3O2/c1-2-9-18-10-8-16-7-3-4-12(11-16)13(17)15-6-5-14/h12H,2-11,14H2,1H3,(H,15,17). The first-order valence-corrected chi connectivity index (χ1v) is 7.05. The normalized spacial score (nSPS) is 20.9. The van der Waals surface area contributed by atoms with Crippen LogP contribution in [0.2, 0.25) is 0 Å². The van der Waals surface area contributed by atoms with Gasteiger partial charge in [-0.3, -0.25) is 4.79 Å². The summed E-state index contributed by atoms with van der Waals surface area (Å²) in [7, 11) is 0. The second-order valence-electron chi connectivity index (χ2n) is 4.83. The van der Waals surface area contributed by atoms with Crippen LogP contribution >= 0.6 is 0 Å². The average Bonchev–Trinajstić information content (AvgIpc) is 2.41. The fraction of sp³-hybridized carbons (Fsp3) is 0.923. The fourth-order valence-corrected chi connectivity index (χ4v) is 2.25. The summed E-state index contributed by atoms with van der Waals surface area (Å²) in [5.41, 5.74) is 5.39. The molecule has 0 aromatic carbocycles. The number of nitrogens with two attached hydrogens (primary N) is 1. The molecular weight excluding hydrogens is 230 g/mol. The molecule has 1 rings (SSSR count). The van der Waals surface area contributed by atoms with Crippen LogP contribution in [0.25, 0.3) is 0 Å². The van der Waals surface area contributed by atoms with Crippen molar-refractivity contribution in [2.45, 2.75) is 26.2 Å². The van der Waals surface area contributed by atoms with Crippen LogP contribution in [0.15, 0.2) is 0 Å². The zero-order valence-electron chi connectivity index (χ0n) is 11.5. The maximum Gasteiger partial charge on any atom is 0.224 e. The van der Waals surface area contributed by atoms with Gasteiger partial charge in [-0.2, -0.15) is 0 Å². The molecule has 0 saturated carbocycles. The molecule has 0 aromatic rings. The quantitative estimate of drug-likeness (QED) is 0.610. The lowest BCUT2D eigenvalue weighted by Gasteiger charge is -2.31. The number of hydrogen-bond donors (Lipinski definition) is 2. The molecule has 1 unspecified atom stereocenters. The summed E-state index contributed by atoms with van der Waals surface area (Å²) in [6.07, 6.45) is 3.14. The van der Waals surface area contributed by atoms with Crippen LogP contribution in [-0.4, -0.2) is 56.7 Å². The molecule has 106 valence electrons. The number of carbonyl (C=O) groups is 1. The number of rotatable bonds is 8. The van der Waals surface area contributed by atoms with E-state index >= 15 is 0 Å². The number of piperidine rings is 1. The Labute approximate surface area is 110 Å². The third-order valence-electron chi connectivity index (χ3n) is 3.22.